The van der Waals surface area contributed by atoms with Crippen LogP contribution in [0.5, 0.6) is 0 Å². The van der Waals surface area contributed by atoms with Gasteiger partial charge in [-0.05, 0) is 17.5 Å². The van der Waals surface area contributed by atoms with Crippen molar-refractivity contribution in [2.75, 3.05) is 11.9 Å². The summed E-state index contributed by atoms with van der Waals surface area (Å²) in [5.41, 5.74) is 1.62. The Bertz CT molecular complexity index is 850. The highest BCUT2D eigenvalue weighted by molar-refractivity contribution is 6.54. The number of carbonyl (C=O) groups is 1. The molecule has 0 radical (unpaired) electrons. The van der Waals surface area contributed by atoms with Crippen molar-refractivity contribution in [3.63, 3.8) is 0 Å². The first-order chi connectivity index (χ1) is 10.8. The van der Waals surface area contributed by atoms with Gasteiger partial charge in [-0.2, -0.15) is 0 Å². The van der Waals surface area contributed by atoms with Gasteiger partial charge < -0.3 is 19.6 Å². The highest BCUT2D eigenvalue weighted by atomic mass is 17.0. The van der Waals surface area contributed by atoms with E-state index >= 15 is 0 Å². The minimum Gasteiger partial charge on any atom is -0.328 e. The van der Waals surface area contributed by atoms with Crippen molar-refractivity contribution in [1.29, 1.82) is 0 Å². The van der Waals surface area contributed by atoms with Gasteiger partial charge in [0.15, 0.2) is 11.8 Å². The predicted octanol–water partition coefficient (Wildman–Crippen LogP) is 1.38. The predicted molar refractivity (Wildman–Crippen MR) is 76.2 cm³/mol. The summed E-state index contributed by atoms with van der Waals surface area (Å²) in [7, 11) is 0. The van der Waals surface area contributed by atoms with Gasteiger partial charge in [0.2, 0.25) is 0 Å². The summed E-state index contributed by atoms with van der Waals surface area (Å²) in [4.78, 5) is 21.6. The number of pyridine rings is 1. The third-order valence-corrected chi connectivity index (χ3v) is 4.12. The normalized spacial score (nSPS) is 30.3. The highest BCUT2D eigenvalue weighted by Gasteiger charge is 2.66. The van der Waals surface area contributed by atoms with E-state index in [1.54, 1.807) is 12.4 Å². The van der Waals surface area contributed by atoms with Crippen LogP contribution in [0.3, 0.4) is 0 Å². The number of nitrogens with zero attached hydrogens (tertiary/aromatic N) is 2. The molecule has 3 aliphatic rings. The molecule has 4 heterocycles. The van der Waals surface area contributed by atoms with Gasteiger partial charge in [0.25, 0.3) is 5.91 Å². The van der Waals surface area contributed by atoms with Crippen LogP contribution < -0.4 is 5.32 Å². The molecule has 1 aromatic heterocycles. The summed E-state index contributed by atoms with van der Waals surface area (Å²) in [6.45, 7) is 0.578. The Morgan fingerprint density at radius 2 is 2.36 bits per heavy atom. The summed E-state index contributed by atoms with van der Waals surface area (Å²) in [5, 5.41) is 8.67. The summed E-state index contributed by atoms with van der Waals surface area (Å²) in [6.07, 6.45) is 4.13. The minimum atomic E-state index is -1.07. The Labute approximate surface area is 124 Å². The zero-order valence-corrected chi connectivity index (χ0v) is 11.4. The molecule has 0 saturated carbocycles. The van der Waals surface area contributed by atoms with E-state index in [0.717, 1.165) is 17.2 Å². The van der Waals surface area contributed by atoms with Gasteiger partial charge in [0.05, 0.1) is 12.3 Å². The number of epoxide rings is 1. The van der Waals surface area contributed by atoms with Crippen LogP contribution in [0.2, 0.25) is 0 Å². The van der Waals surface area contributed by atoms with Crippen LogP contribution in [0, 0.1) is 0 Å². The maximum Gasteiger partial charge on any atom is 0.378 e. The number of ether oxygens (including phenoxy) is 2. The van der Waals surface area contributed by atoms with Crippen molar-refractivity contribution in [3.05, 3.63) is 36.2 Å². The van der Waals surface area contributed by atoms with Crippen LogP contribution in [0.15, 0.2) is 35.7 Å². The maximum absolute atomic E-state index is 12.2. The minimum absolute atomic E-state index is 0.0819. The molecule has 2 atom stereocenters. The maximum atomic E-state index is 12.2. The van der Waals surface area contributed by atoms with Gasteiger partial charge in [0, 0.05) is 29.8 Å². The molecule has 2 saturated heterocycles. The number of hydrogen-bond donors (Lipinski definition) is 1. The second-order valence-corrected chi connectivity index (χ2v) is 5.42. The summed E-state index contributed by atoms with van der Waals surface area (Å²) in [5.74, 6) is -1.38. The topological polar surface area (TPSA) is 85.3 Å². The van der Waals surface area contributed by atoms with Crippen molar-refractivity contribution < 1.29 is 19.1 Å². The molecule has 7 heteroatoms. The first-order valence-corrected chi connectivity index (χ1v) is 7.03. The van der Waals surface area contributed by atoms with E-state index in [4.69, 9.17) is 14.3 Å². The Kier molecular flexibility index (Phi) is 2.21. The lowest BCUT2D eigenvalue weighted by Crippen LogP contribution is -2.20. The number of aromatic nitrogens is 1. The second-order valence-electron chi connectivity index (χ2n) is 5.42. The number of anilines is 1. The Hall–Kier alpha value is -2.51. The van der Waals surface area contributed by atoms with Crippen molar-refractivity contribution >= 4 is 28.1 Å². The lowest BCUT2D eigenvalue weighted by atomic mass is 10.1. The van der Waals surface area contributed by atoms with Crippen LogP contribution in [0.1, 0.15) is 12.0 Å². The SMILES string of the molecule is O=C1Nc2c(ccc3ccncc23)C1=NOC12OCCC1O2. The summed E-state index contributed by atoms with van der Waals surface area (Å²) in [6, 6.07) is 5.66. The molecule has 5 rings (SSSR count). The standard InChI is InChI=1S/C15H11N3O4/c19-14-13(18-22-15-11(21-15)4-6-20-15)9-2-1-8-3-5-16-7-10(8)12(9)17-14/h1-3,5,7,11H,4,6H2,(H,17,18,19). The molecule has 1 aromatic carbocycles. The monoisotopic (exact) mass is 297 g/mol. The molecule has 2 unspecified atom stereocenters. The molecule has 7 nitrogen and oxygen atoms in total. The Morgan fingerprint density at radius 1 is 1.41 bits per heavy atom. The van der Waals surface area contributed by atoms with Gasteiger partial charge >= 0.3 is 5.97 Å². The summed E-state index contributed by atoms with van der Waals surface area (Å²) < 4.78 is 10.7. The second kappa shape index (κ2) is 4.02. The van der Waals surface area contributed by atoms with Crippen LogP contribution >= 0.6 is 0 Å². The number of rotatable bonds is 2. The van der Waals surface area contributed by atoms with Crippen molar-refractivity contribution in [2.45, 2.75) is 18.5 Å². The molecule has 22 heavy (non-hydrogen) atoms. The van der Waals surface area contributed by atoms with Crippen molar-refractivity contribution in [2.24, 2.45) is 5.16 Å². The molecular weight excluding hydrogens is 286 g/mol. The third-order valence-electron chi connectivity index (χ3n) is 4.12. The number of benzene rings is 1. The molecule has 2 fully saturated rings. The Morgan fingerprint density at radius 3 is 3.18 bits per heavy atom. The number of amides is 1. The smallest absolute Gasteiger partial charge is 0.328 e. The fraction of sp³-hybridized carbons (Fsp3) is 0.267. The van der Waals surface area contributed by atoms with Crippen LogP contribution in [-0.2, 0) is 19.1 Å². The number of carbonyl (C=O) groups excluding carboxylic acids is 1. The average molecular weight is 297 g/mol. The highest BCUT2D eigenvalue weighted by Crippen LogP contribution is 2.46. The third kappa shape index (κ3) is 1.54. The van der Waals surface area contributed by atoms with Crippen LogP contribution in [-0.4, -0.2) is 35.3 Å². The zero-order valence-electron chi connectivity index (χ0n) is 11.4. The fourth-order valence-electron chi connectivity index (χ4n) is 2.93. The van der Waals surface area contributed by atoms with E-state index in [1.165, 1.54) is 0 Å². The molecule has 0 spiro atoms. The molecule has 0 bridgehead atoms. The number of nitrogens with one attached hydrogen (secondary N) is 1. The molecule has 110 valence electrons. The largest absolute Gasteiger partial charge is 0.378 e. The van der Waals surface area contributed by atoms with E-state index in [9.17, 15) is 4.79 Å². The van der Waals surface area contributed by atoms with Crippen molar-refractivity contribution in [1.82, 2.24) is 4.98 Å². The first kappa shape index (κ1) is 12.1. The van der Waals surface area contributed by atoms with Gasteiger partial charge in [-0.3, -0.25) is 9.78 Å². The average Bonchev–Trinajstić information content (AvgIpc) is 2.92. The molecule has 2 aromatic rings. The first-order valence-electron chi connectivity index (χ1n) is 7.03. The molecular formula is C15H11N3O4. The van der Waals surface area contributed by atoms with Gasteiger partial charge in [-0.1, -0.05) is 11.2 Å². The molecule has 1 N–H and O–H groups in total. The van der Waals surface area contributed by atoms with Crippen LogP contribution in [0.25, 0.3) is 10.8 Å². The van der Waals surface area contributed by atoms with Crippen LogP contribution in [0.4, 0.5) is 5.69 Å². The quantitative estimate of drug-likeness (QED) is 0.668. The van der Waals surface area contributed by atoms with Crippen molar-refractivity contribution in [3.8, 4) is 0 Å². The molecule has 1 amide bonds. The van der Waals surface area contributed by atoms with Gasteiger partial charge in [-0.15, -0.1) is 0 Å². The van der Waals surface area contributed by atoms with E-state index in [0.29, 0.717) is 17.9 Å². The number of hydrogen-bond acceptors (Lipinski definition) is 6. The van der Waals surface area contributed by atoms with E-state index in [1.807, 2.05) is 18.2 Å². The lowest BCUT2D eigenvalue weighted by molar-refractivity contribution is -0.219. The lowest BCUT2D eigenvalue weighted by Gasteiger charge is -2.06. The summed E-state index contributed by atoms with van der Waals surface area (Å²) >= 11 is 0. The van der Waals surface area contributed by atoms with Gasteiger partial charge in [-0.25, -0.2) is 0 Å². The molecule has 0 aliphatic carbocycles. The molecule has 3 aliphatic heterocycles. The Balaban J connectivity index is 1.56. The van der Waals surface area contributed by atoms with E-state index in [-0.39, 0.29) is 17.7 Å². The van der Waals surface area contributed by atoms with Gasteiger partial charge in [0.1, 0.15) is 0 Å². The van der Waals surface area contributed by atoms with E-state index in [2.05, 4.69) is 15.5 Å². The number of fused-ring (bicyclic) bond motifs is 4. The van der Waals surface area contributed by atoms with E-state index < -0.39 is 5.97 Å². The number of oxime groups is 1. The fourth-order valence-corrected chi connectivity index (χ4v) is 2.93. The zero-order chi connectivity index (χ0) is 14.7.